The second-order valence-electron chi connectivity index (χ2n) is 5.22. The Bertz CT molecular complexity index is 337. The van der Waals surface area contributed by atoms with Crippen LogP contribution >= 0.6 is 0 Å². The first-order valence-corrected chi connectivity index (χ1v) is 5.65. The number of hydrogen-bond donors (Lipinski definition) is 5. The number of carboxylic acids is 3. The summed E-state index contributed by atoms with van der Waals surface area (Å²) in [6, 6.07) is 0. The molecule has 0 fully saturated rings. The van der Waals surface area contributed by atoms with Gasteiger partial charge in [0, 0.05) is 0 Å². The summed E-state index contributed by atoms with van der Waals surface area (Å²) in [5, 5.41) is 42.2. The van der Waals surface area contributed by atoms with E-state index in [1.165, 1.54) is 0 Å². The van der Waals surface area contributed by atoms with Crippen molar-refractivity contribution in [3.63, 3.8) is 0 Å². The van der Waals surface area contributed by atoms with Crippen LogP contribution in [0.15, 0.2) is 0 Å². The number of aliphatic hydroxyl groups excluding tert-OH is 1. The van der Waals surface area contributed by atoms with Gasteiger partial charge >= 0.3 is 17.9 Å². The van der Waals surface area contributed by atoms with Crippen molar-refractivity contribution < 1.29 is 56.8 Å². The minimum atomic E-state index is -2.74. The van der Waals surface area contributed by atoms with Gasteiger partial charge in [-0.2, -0.15) is 0 Å². The Morgan fingerprint density at radius 2 is 1.29 bits per heavy atom. The van der Waals surface area contributed by atoms with Gasteiger partial charge in [-0.25, -0.2) is 4.79 Å². The first kappa shape index (κ1) is 24.6. The van der Waals surface area contributed by atoms with E-state index in [2.05, 4.69) is 21.1 Å². The molecule has 0 heterocycles. The van der Waals surface area contributed by atoms with E-state index in [1.807, 2.05) is 0 Å². The fourth-order valence-corrected chi connectivity index (χ4v) is 1.01. The molecule has 0 aromatic carbocycles. The van der Waals surface area contributed by atoms with Gasteiger partial charge in [-0.3, -0.25) is 9.59 Å². The molecule has 0 spiro atoms. The third kappa shape index (κ3) is 14.8. The van der Waals surface area contributed by atoms with Gasteiger partial charge in [0.2, 0.25) is 0 Å². The van der Waals surface area contributed by atoms with E-state index in [-0.39, 0.29) is 19.0 Å². The Balaban J connectivity index is -0.000000347. The molecule has 126 valence electrons. The Morgan fingerprint density at radius 3 is 1.38 bits per heavy atom. The van der Waals surface area contributed by atoms with Crippen molar-refractivity contribution in [3.05, 3.63) is 0 Å². The molecule has 0 atom stereocenters. The summed E-state index contributed by atoms with van der Waals surface area (Å²) in [5.41, 5.74) is -2.74. The van der Waals surface area contributed by atoms with Gasteiger partial charge in [0.1, 0.15) is 6.54 Å². The number of carbonyl (C=O) groups is 3. The molecule has 0 aromatic rings. The maximum Gasteiger partial charge on any atom is 0.336 e. The first-order chi connectivity index (χ1) is 8.84. The molecule has 0 amide bonds. The third-order valence-electron chi connectivity index (χ3n) is 2.06. The molecule has 0 unspecified atom stereocenters. The van der Waals surface area contributed by atoms with Gasteiger partial charge in [0.05, 0.1) is 40.6 Å². The molecule has 0 aliphatic heterocycles. The number of likely N-dealkylation sites (N-methyl/N-ethyl adjacent to an activating group) is 1. The molecule has 21 heavy (non-hydrogen) atoms. The number of quaternary nitrogens is 1. The molecule has 0 radical (unpaired) electrons. The maximum absolute atomic E-state index is 10.3. The largest absolute Gasteiger partial charge is 1.00 e. The highest BCUT2D eigenvalue weighted by Crippen LogP contribution is 2.15. The smallest absolute Gasteiger partial charge is 0.336 e. The number of rotatable bonds is 7. The van der Waals surface area contributed by atoms with E-state index >= 15 is 0 Å². The van der Waals surface area contributed by atoms with E-state index in [1.54, 1.807) is 0 Å². The average molecular weight is 332 g/mol. The number of nitrogens with zero attached hydrogens (tertiary/aromatic N) is 1. The van der Waals surface area contributed by atoms with Crippen LogP contribution in [-0.4, -0.2) is 87.8 Å². The van der Waals surface area contributed by atoms with Crippen LogP contribution in [0.25, 0.3) is 0 Å². The third-order valence-corrected chi connectivity index (χ3v) is 2.06. The number of aliphatic hydroxyl groups is 2. The standard InChI is InChI=1S/C6H8O7.C5H14NO.ClH/c7-3(8)1-6(13,5(11)12)2-4(9)10;1-6(2,3)4-5-7;/h13H,1-2H2,(H,7,8)(H,9,10)(H,11,12);7H,4-5H2,1-3H3;1H/q;+1;/p-1. The van der Waals surface area contributed by atoms with Crippen LogP contribution in [0.4, 0.5) is 0 Å². The highest BCUT2D eigenvalue weighted by atomic mass is 35.5. The fraction of sp³-hybridized carbons (Fsp3) is 0.727. The molecule has 5 N–H and O–H groups in total. The van der Waals surface area contributed by atoms with Crippen molar-refractivity contribution in [1.82, 2.24) is 0 Å². The summed E-state index contributed by atoms with van der Waals surface area (Å²) in [5.74, 6) is -5.02. The van der Waals surface area contributed by atoms with Gasteiger partial charge < -0.3 is 42.4 Å². The molecule has 0 rings (SSSR count). The Labute approximate surface area is 128 Å². The monoisotopic (exact) mass is 331 g/mol. The minimum Gasteiger partial charge on any atom is -1.00 e. The Hall–Kier alpha value is -1.42. The molecule has 10 heteroatoms. The van der Waals surface area contributed by atoms with Crippen molar-refractivity contribution in [2.75, 3.05) is 34.3 Å². The molecule has 0 aliphatic rings. The van der Waals surface area contributed by atoms with Crippen LogP contribution < -0.4 is 12.4 Å². The van der Waals surface area contributed by atoms with E-state index in [9.17, 15) is 14.4 Å². The van der Waals surface area contributed by atoms with Crippen LogP contribution in [0.2, 0.25) is 0 Å². The van der Waals surface area contributed by atoms with Gasteiger partial charge in [-0.15, -0.1) is 0 Å². The quantitative estimate of drug-likeness (QED) is 0.292. The van der Waals surface area contributed by atoms with Gasteiger partial charge in [-0.05, 0) is 0 Å². The second-order valence-corrected chi connectivity index (χ2v) is 5.22. The predicted molar refractivity (Wildman–Crippen MR) is 67.1 cm³/mol. The summed E-state index contributed by atoms with van der Waals surface area (Å²) < 4.78 is 0.844. The van der Waals surface area contributed by atoms with Crippen molar-refractivity contribution >= 4 is 17.9 Å². The van der Waals surface area contributed by atoms with Crippen molar-refractivity contribution in [1.29, 1.82) is 0 Å². The molecule has 0 aromatic heterocycles. The van der Waals surface area contributed by atoms with Crippen LogP contribution in [0.1, 0.15) is 12.8 Å². The SMILES string of the molecule is C[N+](C)(C)CCO.O=C(O)CC(O)(CC(=O)O)C(=O)O.[Cl-]. The first-order valence-electron chi connectivity index (χ1n) is 5.65. The second kappa shape index (κ2) is 10.3. The van der Waals surface area contributed by atoms with Gasteiger partial charge in [0.25, 0.3) is 0 Å². The van der Waals surface area contributed by atoms with E-state index < -0.39 is 36.4 Å². The molecule has 0 aliphatic carbocycles. The van der Waals surface area contributed by atoms with E-state index in [0.717, 1.165) is 11.0 Å². The lowest BCUT2D eigenvalue weighted by atomic mass is 9.96. The lowest BCUT2D eigenvalue weighted by molar-refractivity contribution is -0.870. The lowest BCUT2D eigenvalue weighted by Crippen LogP contribution is -3.00. The van der Waals surface area contributed by atoms with Crippen molar-refractivity contribution in [2.45, 2.75) is 18.4 Å². The zero-order chi connectivity index (χ0) is 16.6. The topological polar surface area (TPSA) is 152 Å². The number of halogens is 1. The summed E-state index contributed by atoms with van der Waals surface area (Å²) in [6.45, 7) is 1.11. The number of hydrogen-bond acceptors (Lipinski definition) is 5. The van der Waals surface area contributed by atoms with Crippen LogP contribution in [-0.2, 0) is 14.4 Å². The highest BCUT2D eigenvalue weighted by molar-refractivity contribution is 5.88. The molecule has 0 saturated heterocycles. The number of aliphatic carboxylic acids is 3. The van der Waals surface area contributed by atoms with E-state index in [0.29, 0.717) is 0 Å². The van der Waals surface area contributed by atoms with Crippen LogP contribution in [0, 0.1) is 0 Å². The van der Waals surface area contributed by atoms with Crippen molar-refractivity contribution in [3.8, 4) is 0 Å². The molecule has 0 saturated carbocycles. The summed E-state index contributed by atoms with van der Waals surface area (Å²) >= 11 is 0. The molecule has 0 bridgehead atoms. The zero-order valence-electron chi connectivity index (χ0n) is 12.1. The lowest BCUT2D eigenvalue weighted by Gasteiger charge is -2.21. The van der Waals surface area contributed by atoms with Gasteiger partial charge in [0.15, 0.2) is 5.60 Å². The molecule has 9 nitrogen and oxygen atoms in total. The Morgan fingerprint density at radius 1 is 0.952 bits per heavy atom. The summed E-state index contributed by atoms with van der Waals surface area (Å²) in [7, 11) is 6.16. The summed E-state index contributed by atoms with van der Waals surface area (Å²) in [6.07, 6.45) is -2.29. The highest BCUT2D eigenvalue weighted by Gasteiger charge is 2.40. The van der Waals surface area contributed by atoms with Crippen LogP contribution in [0.5, 0.6) is 0 Å². The normalized spacial score (nSPS) is 10.7. The number of carboxylic acid groups (broad SMARTS) is 3. The maximum atomic E-state index is 10.3. The van der Waals surface area contributed by atoms with Crippen molar-refractivity contribution in [2.24, 2.45) is 0 Å². The molecular formula is C11H22ClNO8. The molecular weight excluding hydrogens is 310 g/mol. The Kier molecular flexibility index (Phi) is 12.1. The predicted octanol–water partition coefficient (Wildman–Crippen LogP) is -4.56. The minimum absolute atomic E-state index is 0. The summed E-state index contributed by atoms with van der Waals surface area (Å²) in [4.78, 5) is 30.5. The van der Waals surface area contributed by atoms with E-state index in [4.69, 9.17) is 25.5 Å². The van der Waals surface area contributed by atoms with Gasteiger partial charge in [-0.1, -0.05) is 0 Å². The van der Waals surface area contributed by atoms with Crippen LogP contribution in [0.3, 0.4) is 0 Å². The average Bonchev–Trinajstić information content (AvgIpc) is 2.12. The fourth-order valence-electron chi connectivity index (χ4n) is 1.01. The zero-order valence-corrected chi connectivity index (χ0v) is 12.9.